The minimum Gasteiger partial charge on any atom is -0.479 e. The number of aliphatic hydroxyl groups is 1. The Hall–Kier alpha value is -0.680. The van der Waals surface area contributed by atoms with Crippen molar-refractivity contribution in [3.05, 3.63) is 27.2 Å². The minimum atomic E-state index is -0.770. The number of carbonyl (C=O) groups excluding carboxylic acids is 1. The number of hydrogen-bond donors (Lipinski definition) is 2. The van der Waals surface area contributed by atoms with E-state index in [1.54, 1.807) is 13.8 Å². The molecule has 0 aliphatic heterocycles. The van der Waals surface area contributed by atoms with Gasteiger partial charge in [-0.1, -0.05) is 34.8 Å². The van der Waals surface area contributed by atoms with Crippen LogP contribution in [0.1, 0.15) is 13.8 Å². The number of rotatable bonds is 5. The van der Waals surface area contributed by atoms with Gasteiger partial charge in [0.15, 0.2) is 6.10 Å². The van der Waals surface area contributed by atoms with E-state index in [1.165, 1.54) is 12.1 Å². The normalized spacial score (nSPS) is 13.8. The Morgan fingerprint density at radius 3 is 2.42 bits per heavy atom. The van der Waals surface area contributed by atoms with Crippen LogP contribution in [0.25, 0.3) is 0 Å². The van der Waals surface area contributed by atoms with E-state index in [0.29, 0.717) is 5.02 Å². The second kappa shape index (κ2) is 7.20. The van der Waals surface area contributed by atoms with Crippen LogP contribution in [0.5, 0.6) is 5.75 Å². The number of ether oxygens (including phenoxy) is 1. The van der Waals surface area contributed by atoms with Gasteiger partial charge in [0.1, 0.15) is 5.75 Å². The molecule has 19 heavy (non-hydrogen) atoms. The van der Waals surface area contributed by atoms with Crippen LogP contribution in [0.2, 0.25) is 15.1 Å². The van der Waals surface area contributed by atoms with Gasteiger partial charge in [-0.3, -0.25) is 4.79 Å². The molecule has 1 aromatic rings. The van der Waals surface area contributed by atoms with Gasteiger partial charge in [0.2, 0.25) is 0 Å². The van der Waals surface area contributed by atoms with E-state index in [4.69, 9.17) is 44.6 Å². The Bertz CT molecular complexity index is 466. The molecule has 0 saturated carbocycles. The van der Waals surface area contributed by atoms with Crippen molar-refractivity contribution in [2.24, 2.45) is 0 Å². The van der Waals surface area contributed by atoms with Gasteiger partial charge < -0.3 is 15.2 Å². The Morgan fingerprint density at radius 1 is 1.26 bits per heavy atom. The fraction of sp³-hybridized carbons (Fsp3) is 0.417. The Balaban J connectivity index is 2.69. The number of halogens is 3. The lowest BCUT2D eigenvalue weighted by Crippen LogP contribution is -2.39. The molecule has 0 aliphatic carbocycles. The topological polar surface area (TPSA) is 58.6 Å². The number of carbonyl (C=O) groups is 1. The summed E-state index contributed by atoms with van der Waals surface area (Å²) in [5.41, 5.74) is 0. The Labute approximate surface area is 126 Å². The van der Waals surface area contributed by atoms with Crippen molar-refractivity contribution in [3.63, 3.8) is 0 Å². The van der Waals surface area contributed by atoms with E-state index in [-0.39, 0.29) is 28.2 Å². The van der Waals surface area contributed by atoms with E-state index in [1.807, 2.05) is 0 Å². The quantitative estimate of drug-likeness (QED) is 0.818. The molecule has 1 aromatic carbocycles. The Kier molecular flexibility index (Phi) is 6.20. The molecule has 2 unspecified atom stereocenters. The summed E-state index contributed by atoms with van der Waals surface area (Å²) in [5, 5.41) is 12.5. The van der Waals surface area contributed by atoms with Crippen molar-refractivity contribution in [3.8, 4) is 5.75 Å². The largest absolute Gasteiger partial charge is 0.479 e. The highest BCUT2D eigenvalue weighted by Gasteiger charge is 2.17. The standard InChI is InChI=1S/C12H14Cl3NO3/c1-6(17)5-16-12(18)7(2)19-11-4-9(14)8(13)3-10(11)15/h3-4,6-7,17H,5H2,1-2H3,(H,16,18). The van der Waals surface area contributed by atoms with Crippen LogP contribution in [-0.2, 0) is 4.79 Å². The first-order valence-corrected chi connectivity index (χ1v) is 6.71. The van der Waals surface area contributed by atoms with Crippen molar-refractivity contribution in [1.82, 2.24) is 5.32 Å². The molecule has 0 saturated heterocycles. The van der Waals surface area contributed by atoms with E-state index >= 15 is 0 Å². The van der Waals surface area contributed by atoms with Gasteiger partial charge >= 0.3 is 0 Å². The predicted octanol–water partition coefficient (Wildman–Crippen LogP) is 2.91. The second-order valence-corrected chi connectivity index (χ2v) is 5.27. The highest BCUT2D eigenvalue weighted by atomic mass is 35.5. The zero-order valence-corrected chi connectivity index (χ0v) is 12.7. The number of amides is 1. The first-order valence-electron chi connectivity index (χ1n) is 5.58. The van der Waals surface area contributed by atoms with Crippen LogP contribution in [0.3, 0.4) is 0 Å². The first kappa shape index (κ1) is 16.4. The molecule has 1 rings (SSSR count). The summed E-state index contributed by atoms with van der Waals surface area (Å²) >= 11 is 17.6. The average Bonchev–Trinajstić information content (AvgIpc) is 2.32. The van der Waals surface area contributed by atoms with E-state index in [2.05, 4.69) is 5.32 Å². The third kappa shape index (κ3) is 5.07. The fourth-order valence-electron chi connectivity index (χ4n) is 1.23. The van der Waals surface area contributed by atoms with Crippen molar-refractivity contribution in [2.45, 2.75) is 26.1 Å². The molecule has 0 spiro atoms. The van der Waals surface area contributed by atoms with Crippen LogP contribution in [-0.4, -0.2) is 29.8 Å². The number of hydrogen-bond acceptors (Lipinski definition) is 3. The van der Waals surface area contributed by atoms with Crippen LogP contribution >= 0.6 is 34.8 Å². The smallest absolute Gasteiger partial charge is 0.260 e. The third-order valence-corrected chi connectivity index (χ3v) is 3.24. The van der Waals surface area contributed by atoms with E-state index in [0.717, 1.165) is 0 Å². The van der Waals surface area contributed by atoms with Gasteiger partial charge in [-0.25, -0.2) is 0 Å². The Morgan fingerprint density at radius 2 is 1.84 bits per heavy atom. The molecule has 0 fully saturated rings. The molecule has 4 nitrogen and oxygen atoms in total. The van der Waals surface area contributed by atoms with Gasteiger partial charge in [0.25, 0.3) is 5.91 Å². The summed E-state index contributed by atoms with van der Waals surface area (Å²) in [4.78, 5) is 11.7. The molecule has 106 valence electrons. The fourth-order valence-corrected chi connectivity index (χ4v) is 1.81. The average molecular weight is 327 g/mol. The van der Waals surface area contributed by atoms with E-state index in [9.17, 15) is 4.79 Å². The monoisotopic (exact) mass is 325 g/mol. The van der Waals surface area contributed by atoms with Crippen LogP contribution in [0.15, 0.2) is 12.1 Å². The first-order chi connectivity index (χ1) is 8.81. The van der Waals surface area contributed by atoms with Crippen molar-refractivity contribution in [2.75, 3.05) is 6.54 Å². The van der Waals surface area contributed by atoms with Crippen LogP contribution in [0.4, 0.5) is 0 Å². The van der Waals surface area contributed by atoms with Crippen LogP contribution < -0.4 is 10.1 Å². The summed E-state index contributed by atoms with van der Waals surface area (Å²) in [6, 6.07) is 2.89. The summed E-state index contributed by atoms with van der Waals surface area (Å²) in [6.45, 7) is 3.29. The maximum absolute atomic E-state index is 11.7. The molecule has 2 N–H and O–H groups in total. The summed E-state index contributed by atoms with van der Waals surface area (Å²) in [6.07, 6.45) is -1.39. The van der Waals surface area contributed by atoms with Crippen LogP contribution in [0, 0.1) is 0 Å². The maximum Gasteiger partial charge on any atom is 0.260 e. The van der Waals surface area contributed by atoms with Crippen molar-refractivity contribution >= 4 is 40.7 Å². The minimum absolute atomic E-state index is 0.154. The van der Waals surface area contributed by atoms with Gasteiger partial charge in [-0.05, 0) is 19.9 Å². The molecule has 0 aromatic heterocycles. The zero-order chi connectivity index (χ0) is 14.6. The molecular weight excluding hydrogens is 312 g/mol. The second-order valence-electron chi connectivity index (χ2n) is 4.05. The van der Waals surface area contributed by atoms with Gasteiger partial charge in [0.05, 0.1) is 21.2 Å². The summed E-state index contributed by atoms with van der Waals surface area (Å²) in [5.74, 6) is -0.0844. The SMILES string of the molecule is CC(O)CNC(=O)C(C)Oc1cc(Cl)c(Cl)cc1Cl. The molecule has 0 radical (unpaired) electrons. The van der Waals surface area contributed by atoms with Crippen molar-refractivity contribution < 1.29 is 14.6 Å². The zero-order valence-electron chi connectivity index (χ0n) is 10.4. The molecule has 0 aliphatic rings. The molecule has 2 atom stereocenters. The number of nitrogens with one attached hydrogen (secondary N) is 1. The number of benzene rings is 1. The van der Waals surface area contributed by atoms with Crippen molar-refractivity contribution in [1.29, 1.82) is 0 Å². The lowest BCUT2D eigenvalue weighted by molar-refractivity contribution is -0.127. The summed E-state index contributed by atoms with van der Waals surface area (Å²) < 4.78 is 5.41. The molecule has 1 amide bonds. The van der Waals surface area contributed by atoms with Gasteiger partial charge in [-0.2, -0.15) is 0 Å². The predicted molar refractivity (Wildman–Crippen MR) is 76.3 cm³/mol. The molecular formula is C12H14Cl3NO3. The number of aliphatic hydroxyl groups excluding tert-OH is 1. The van der Waals surface area contributed by atoms with Gasteiger partial charge in [-0.15, -0.1) is 0 Å². The summed E-state index contributed by atoms with van der Waals surface area (Å²) in [7, 11) is 0. The molecule has 0 heterocycles. The van der Waals surface area contributed by atoms with E-state index < -0.39 is 12.2 Å². The lowest BCUT2D eigenvalue weighted by Gasteiger charge is -2.16. The molecule has 0 bridgehead atoms. The highest BCUT2D eigenvalue weighted by Crippen LogP contribution is 2.34. The molecule has 7 heteroatoms. The van der Waals surface area contributed by atoms with Gasteiger partial charge in [0, 0.05) is 12.6 Å². The highest BCUT2D eigenvalue weighted by molar-refractivity contribution is 6.43. The maximum atomic E-state index is 11.7. The third-order valence-electron chi connectivity index (χ3n) is 2.22. The lowest BCUT2D eigenvalue weighted by atomic mass is 10.3.